The second kappa shape index (κ2) is 3.83. The zero-order chi connectivity index (χ0) is 8.27. The molecule has 0 fully saturated rings. The minimum Gasteiger partial charge on any atom is -0.327 e. The van der Waals surface area contributed by atoms with Crippen molar-refractivity contribution in [2.24, 2.45) is 5.73 Å². The molecule has 0 saturated carbocycles. The third kappa shape index (κ3) is 2.27. The maximum atomic E-state index is 5.80. The maximum Gasteiger partial charge on any atom is 0.0797 e. The van der Waals surface area contributed by atoms with E-state index in [4.69, 9.17) is 5.73 Å². The Bertz CT molecular complexity index is 220. The predicted molar refractivity (Wildman–Crippen MR) is 48.8 cm³/mol. The third-order valence-corrected chi connectivity index (χ3v) is 2.62. The van der Waals surface area contributed by atoms with Crippen molar-refractivity contribution < 1.29 is 0 Å². The van der Waals surface area contributed by atoms with E-state index in [0.29, 0.717) is 0 Å². The lowest BCUT2D eigenvalue weighted by atomic mass is 10.1. The summed E-state index contributed by atoms with van der Waals surface area (Å²) in [7, 11) is 0. The van der Waals surface area contributed by atoms with Gasteiger partial charge < -0.3 is 5.73 Å². The maximum absolute atomic E-state index is 5.80. The number of aryl methyl sites for hydroxylation is 1. The topological polar surface area (TPSA) is 38.9 Å². The Morgan fingerprint density at radius 3 is 2.91 bits per heavy atom. The predicted octanol–water partition coefficient (Wildman–Crippen LogP) is 1.73. The van der Waals surface area contributed by atoms with Crippen LogP contribution in [0.3, 0.4) is 0 Å². The molecular weight excluding hydrogens is 156 g/mol. The number of aromatic nitrogens is 1. The lowest BCUT2D eigenvalue weighted by Crippen LogP contribution is -2.21. The normalized spacial score (nSPS) is 13.4. The number of rotatable bonds is 3. The third-order valence-electron chi connectivity index (χ3n) is 1.82. The highest BCUT2D eigenvalue weighted by Crippen LogP contribution is 2.12. The van der Waals surface area contributed by atoms with E-state index in [0.717, 1.165) is 12.8 Å². The Kier molecular flexibility index (Phi) is 3.02. The van der Waals surface area contributed by atoms with Gasteiger partial charge in [0.1, 0.15) is 0 Å². The molecule has 0 aliphatic carbocycles. The lowest BCUT2D eigenvalue weighted by Gasteiger charge is -2.05. The van der Waals surface area contributed by atoms with E-state index in [2.05, 4.69) is 18.8 Å². The van der Waals surface area contributed by atoms with Crippen molar-refractivity contribution in [3.63, 3.8) is 0 Å². The summed E-state index contributed by atoms with van der Waals surface area (Å²) in [6.45, 7) is 4.20. The van der Waals surface area contributed by atoms with Crippen molar-refractivity contribution in [2.45, 2.75) is 32.7 Å². The molecule has 2 N–H and O–H groups in total. The number of nitrogens with two attached hydrogens (primary N) is 1. The van der Waals surface area contributed by atoms with Crippen molar-refractivity contribution in [3.05, 3.63) is 16.1 Å². The molecule has 0 aliphatic heterocycles. The molecule has 1 unspecified atom stereocenters. The van der Waals surface area contributed by atoms with Crippen LogP contribution in [0.4, 0.5) is 0 Å². The van der Waals surface area contributed by atoms with E-state index < -0.39 is 0 Å². The molecule has 0 aromatic carbocycles. The van der Waals surface area contributed by atoms with Gasteiger partial charge in [-0.05, 0) is 13.3 Å². The number of nitrogens with zero attached hydrogens (tertiary/aromatic N) is 1. The molecule has 0 aliphatic rings. The SMILES string of the molecule is CCC(N)Cc1ncsc1C. The van der Waals surface area contributed by atoms with Gasteiger partial charge in [0.05, 0.1) is 11.2 Å². The average Bonchev–Trinajstić information content (AvgIpc) is 2.37. The van der Waals surface area contributed by atoms with Gasteiger partial charge in [-0.3, -0.25) is 0 Å². The van der Waals surface area contributed by atoms with Crippen LogP contribution in [0.15, 0.2) is 5.51 Å². The first kappa shape index (κ1) is 8.68. The largest absolute Gasteiger partial charge is 0.327 e. The summed E-state index contributed by atoms with van der Waals surface area (Å²) in [6, 6.07) is 0.274. The molecule has 0 amide bonds. The Hall–Kier alpha value is -0.410. The molecule has 3 heteroatoms. The van der Waals surface area contributed by atoms with Crippen molar-refractivity contribution in [1.82, 2.24) is 4.98 Å². The zero-order valence-corrected chi connectivity index (χ0v) is 7.82. The van der Waals surface area contributed by atoms with Crippen molar-refractivity contribution >= 4 is 11.3 Å². The number of hydrogen-bond acceptors (Lipinski definition) is 3. The Morgan fingerprint density at radius 1 is 1.73 bits per heavy atom. The van der Waals surface area contributed by atoms with E-state index in [-0.39, 0.29) is 6.04 Å². The van der Waals surface area contributed by atoms with Crippen LogP contribution in [0.2, 0.25) is 0 Å². The highest BCUT2D eigenvalue weighted by Gasteiger charge is 2.05. The summed E-state index contributed by atoms with van der Waals surface area (Å²) in [5.41, 5.74) is 8.85. The summed E-state index contributed by atoms with van der Waals surface area (Å²) in [6.07, 6.45) is 1.95. The first-order chi connectivity index (χ1) is 5.24. The molecule has 1 aromatic heterocycles. The van der Waals surface area contributed by atoms with Gasteiger partial charge in [0.2, 0.25) is 0 Å². The van der Waals surface area contributed by atoms with Crippen LogP contribution in [-0.4, -0.2) is 11.0 Å². The van der Waals surface area contributed by atoms with Crippen molar-refractivity contribution in [1.29, 1.82) is 0 Å². The fraction of sp³-hybridized carbons (Fsp3) is 0.625. The van der Waals surface area contributed by atoms with E-state index >= 15 is 0 Å². The molecule has 11 heavy (non-hydrogen) atoms. The van der Waals surface area contributed by atoms with E-state index in [1.165, 1.54) is 10.6 Å². The van der Waals surface area contributed by atoms with Crippen molar-refractivity contribution in [2.75, 3.05) is 0 Å². The molecule has 0 spiro atoms. The number of hydrogen-bond donors (Lipinski definition) is 1. The molecular formula is C8H14N2S. The van der Waals surface area contributed by atoms with Gasteiger partial charge in [-0.15, -0.1) is 11.3 Å². The lowest BCUT2D eigenvalue weighted by molar-refractivity contribution is 0.637. The smallest absolute Gasteiger partial charge is 0.0797 e. The quantitative estimate of drug-likeness (QED) is 0.750. The summed E-state index contributed by atoms with van der Waals surface area (Å²) in [5.74, 6) is 0. The molecule has 1 atom stereocenters. The van der Waals surface area contributed by atoms with Crippen LogP contribution in [0.5, 0.6) is 0 Å². The van der Waals surface area contributed by atoms with Crippen LogP contribution >= 0.6 is 11.3 Å². The first-order valence-corrected chi connectivity index (χ1v) is 4.76. The Labute approximate surface area is 71.5 Å². The highest BCUT2D eigenvalue weighted by molar-refractivity contribution is 7.09. The van der Waals surface area contributed by atoms with Crippen molar-refractivity contribution in [3.8, 4) is 0 Å². The molecule has 1 heterocycles. The molecule has 2 nitrogen and oxygen atoms in total. The zero-order valence-electron chi connectivity index (χ0n) is 7.00. The van der Waals surface area contributed by atoms with Gasteiger partial charge >= 0.3 is 0 Å². The molecule has 0 radical (unpaired) electrons. The van der Waals surface area contributed by atoms with Crippen LogP contribution in [-0.2, 0) is 6.42 Å². The van der Waals surface area contributed by atoms with Gasteiger partial charge in [-0.25, -0.2) is 4.98 Å². The monoisotopic (exact) mass is 170 g/mol. The molecule has 0 bridgehead atoms. The van der Waals surface area contributed by atoms with E-state index in [9.17, 15) is 0 Å². The molecule has 1 rings (SSSR count). The highest BCUT2D eigenvalue weighted by atomic mass is 32.1. The summed E-state index contributed by atoms with van der Waals surface area (Å²) in [4.78, 5) is 5.54. The van der Waals surface area contributed by atoms with Gasteiger partial charge in [-0.1, -0.05) is 6.92 Å². The first-order valence-electron chi connectivity index (χ1n) is 3.88. The number of thiazole rings is 1. The fourth-order valence-electron chi connectivity index (χ4n) is 0.917. The second-order valence-electron chi connectivity index (χ2n) is 2.73. The summed E-state index contributed by atoms with van der Waals surface area (Å²) < 4.78 is 0. The molecule has 0 saturated heterocycles. The minimum atomic E-state index is 0.274. The summed E-state index contributed by atoms with van der Waals surface area (Å²) >= 11 is 1.69. The van der Waals surface area contributed by atoms with Gasteiger partial charge in [0.25, 0.3) is 0 Å². The molecule has 62 valence electrons. The van der Waals surface area contributed by atoms with Crippen LogP contribution in [0, 0.1) is 6.92 Å². The van der Waals surface area contributed by atoms with E-state index in [1.807, 2.05) is 5.51 Å². The van der Waals surface area contributed by atoms with Gasteiger partial charge in [0.15, 0.2) is 0 Å². The van der Waals surface area contributed by atoms with Gasteiger partial charge in [-0.2, -0.15) is 0 Å². The van der Waals surface area contributed by atoms with Gasteiger partial charge in [0, 0.05) is 17.3 Å². The van der Waals surface area contributed by atoms with Crippen LogP contribution in [0.1, 0.15) is 23.9 Å². The second-order valence-corrected chi connectivity index (χ2v) is 3.79. The summed E-state index contributed by atoms with van der Waals surface area (Å²) in [5, 5.41) is 0. The average molecular weight is 170 g/mol. The molecule has 1 aromatic rings. The van der Waals surface area contributed by atoms with Crippen LogP contribution in [0.25, 0.3) is 0 Å². The fourth-order valence-corrected chi connectivity index (χ4v) is 1.53. The van der Waals surface area contributed by atoms with Crippen LogP contribution < -0.4 is 5.73 Å². The Morgan fingerprint density at radius 2 is 2.45 bits per heavy atom. The Balaban J connectivity index is 2.56. The standard InChI is InChI=1S/C8H14N2S/c1-3-7(9)4-8-6(2)11-5-10-8/h5,7H,3-4,9H2,1-2H3. The minimum absolute atomic E-state index is 0.274. The van der Waals surface area contributed by atoms with E-state index in [1.54, 1.807) is 11.3 Å².